The van der Waals surface area contributed by atoms with Crippen LogP contribution in [0, 0.1) is 6.92 Å². The molecular formula is C30H36N4O2S. The number of amides is 2. The van der Waals surface area contributed by atoms with E-state index in [-0.39, 0.29) is 17.9 Å². The number of hydrogen-bond donors (Lipinski definition) is 1. The average molecular weight is 517 g/mol. The Morgan fingerprint density at radius 2 is 1.76 bits per heavy atom. The van der Waals surface area contributed by atoms with E-state index < -0.39 is 6.04 Å². The SMILES string of the molecule is Cc1ccccc1CN(CCc1ccccc1)C1CC(C(=O)N2CCNCC2)N(C(=O)c2cccs2)C1. The number of aryl methyl sites for hydroxylation is 1. The molecule has 0 bridgehead atoms. The Hall–Kier alpha value is -3.00. The number of nitrogens with one attached hydrogen (secondary N) is 1. The lowest BCUT2D eigenvalue weighted by molar-refractivity contribution is -0.135. The molecule has 2 fully saturated rings. The van der Waals surface area contributed by atoms with Crippen molar-refractivity contribution in [2.75, 3.05) is 39.3 Å². The normalized spacial score (nSPS) is 19.9. The van der Waals surface area contributed by atoms with Gasteiger partial charge in [-0.15, -0.1) is 11.3 Å². The van der Waals surface area contributed by atoms with Crippen molar-refractivity contribution in [2.24, 2.45) is 0 Å². The Morgan fingerprint density at radius 1 is 1.00 bits per heavy atom. The van der Waals surface area contributed by atoms with E-state index in [2.05, 4.69) is 65.7 Å². The molecule has 2 aromatic carbocycles. The van der Waals surface area contributed by atoms with Crippen molar-refractivity contribution in [3.05, 3.63) is 93.7 Å². The fourth-order valence-electron chi connectivity index (χ4n) is 5.49. The van der Waals surface area contributed by atoms with E-state index in [0.29, 0.717) is 30.9 Å². The molecule has 2 amide bonds. The summed E-state index contributed by atoms with van der Waals surface area (Å²) in [6, 6.07) is 22.5. The van der Waals surface area contributed by atoms with E-state index in [1.807, 2.05) is 33.4 Å². The lowest BCUT2D eigenvalue weighted by Crippen LogP contribution is -2.53. The number of carbonyl (C=O) groups excluding carboxylic acids is 2. The number of benzene rings is 2. The summed E-state index contributed by atoms with van der Waals surface area (Å²) in [6.45, 7) is 7.40. The van der Waals surface area contributed by atoms with Gasteiger partial charge >= 0.3 is 0 Å². The van der Waals surface area contributed by atoms with Crippen LogP contribution in [0.1, 0.15) is 32.8 Å². The Balaban J connectivity index is 1.40. The zero-order chi connectivity index (χ0) is 25.6. The summed E-state index contributed by atoms with van der Waals surface area (Å²) in [5.41, 5.74) is 3.86. The second kappa shape index (κ2) is 12.0. The van der Waals surface area contributed by atoms with Crippen LogP contribution < -0.4 is 5.32 Å². The highest BCUT2D eigenvalue weighted by Crippen LogP contribution is 2.29. The molecule has 2 aliphatic rings. The molecule has 3 heterocycles. The van der Waals surface area contributed by atoms with Gasteiger partial charge < -0.3 is 15.1 Å². The minimum Gasteiger partial charge on any atom is -0.338 e. The summed E-state index contributed by atoms with van der Waals surface area (Å²) < 4.78 is 0. The lowest BCUT2D eigenvalue weighted by atomic mass is 10.0. The second-order valence-electron chi connectivity index (χ2n) is 10.0. The number of likely N-dealkylation sites (tertiary alicyclic amines) is 1. The van der Waals surface area contributed by atoms with E-state index >= 15 is 0 Å². The van der Waals surface area contributed by atoms with Crippen LogP contribution in [0.5, 0.6) is 0 Å². The van der Waals surface area contributed by atoms with Crippen molar-refractivity contribution >= 4 is 23.2 Å². The molecule has 7 heteroatoms. The van der Waals surface area contributed by atoms with E-state index in [4.69, 9.17) is 0 Å². The van der Waals surface area contributed by atoms with Crippen molar-refractivity contribution in [1.29, 1.82) is 0 Å². The number of nitrogens with zero attached hydrogens (tertiary/aromatic N) is 3. The molecule has 37 heavy (non-hydrogen) atoms. The van der Waals surface area contributed by atoms with E-state index in [1.54, 1.807) is 0 Å². The zero-order valence-corrected chi connectivity index (χ0v) is 22.3. The molecule has 0 aliphatic carbocycles. The van der Waals surface area contributed by atoms with Gasteiger partial charge in [-0.3, -0.25) is 14.5 Å². The first kappa shape index (κ1) is 25.6. The molecule has 0 radical (unpaired) electrons. The second-order valence-corrected chi connectivity index (χ2v) is 11.0. The van der Waals surface area contributed by atoms with Crippen LogP contribution in [0.2, 0.25) is 0 Å². The topological polar surface area (TPSA) is 55.9 Å². The van der Waals surface area contributed by atoms with Gasteiger partial charge in [-0.25, -0.2) is 0 Å². The third-order valence-electron chi connectivity index (χ3n) is 7.67. The highest BCUT2D eigenvalue weighted by Gasteiger charge is 2.43. The minimum atomic E-state index is -0.422. The number of piperazine rings is 1. The Bertz CT molecular complexity index is 1180. The van der Waals surface area contributed by atoms with Crippen molar-refractivity contribution in [2.45, 2.75) is 38.4 Å². The summed E-state index contributed by atoms with van der Waals surface area (Å²) in [5.74, 6) is 0.0673. The molecule has 2 unspecified atom stereocenters. The van der Waals surface area contributed by atoms with Gasteiger partial charge in [0.1, 0.15) is 6.04 Å². The van der Waals surface area contributed by atoms with Crippen LogP contribution in [0.15, 0.2) is 72.1 Å². The smallest absolute Gasteiger partial charge is 0.264 e. The monoisotopic (exact) mass is 516 g/mol. The van der Waals surface area contributed by atoms with Crippen molar-refractivity contribution < 1.29 is 9.59 Å². The van der Waals surface area contributed by atoms with Crippen molar-refractivity contribution in [3.8, 4) is 0 Å². The molecule has 2 atom stereocenters. The summed E-state index contributed by atoms with van der Waals surface area (Å²) in [7, 11) is 0. The maximum absolute atomic E-state index is 13.7. The molecule has 1 aromatic heterocycles. The van der Waals surface area contributed by atoms with Gasteiger partial charge in [0, 0.05) is 51.9 Å². The first-order valence-electron chi connectivity index (χ1n) is 13.3. The van der Waals surface area contributed by atoms with Gasteiger partial charge in [-0.1, -0.05) is 60.7 Å². The molecule has 2 saturated heterocycles. The van der Waals surface area contributed by atoms with Crippen molar-refractivity contribution in [1.82, 2.24) is 20.0 Å². The molecule has 0 saturated carbocycles. The Morgan fingerprint density at radius 3 is 2.49 bits per heavy atom. The third kappa shape index (κ3) is 6.12. The maximum atomic E-state index is 13.7. The number of rotatable bonds is 8. The average Bonchev–Trinajstić information content (AvgIpc) is 3.63. The molecule has 2 aliphatic heterocycles. The van der Waals surface area contributed by atoms with Gasteiger partial charge in [0.05, 0.1) is 4.88 Å². The van der Waals surface area contributed by atoms with Gasteiger partial charge in [0.15, 0.2) is 0 Å². The maximum Gasteiger partial charge on any atom is 0.264 e. The lowest BCUT2D eigenvalue weighted by Gasteiger charge is -2.32. The van der Waals surface area contributed by atoms with Gasteiger partial charge in [0.25, 0.3) is 5.91 Å². The number of carbonyl (C=O) groups is 2. The molecule has 1 N–H and O–H groups in total. The summed E-state index contributed by atoms with van der Waals surface area (Å²) in [6.07, 6.45) is 1.60. The predicted octanol–water partition coefficient (Wildman–Crippen LogP) is 3.82. The third-order valence-corrected chi connectivity index (χ3v) is 8.53. The van der Waals surface area contributed by atoms with Crippen LogP contribution in [-0.4, -0.2) is 77.9 Å². The summed E-state index contributed by atoms with van der Waals surface area (Å²) >= 11 is 1.45. The van der Waals surface area contributed by atoms with Crippen LogP contribution in [0.3, 0.4) is 0 Å². The predicted molar refractivity (Wildman–Crippen MR) is 149 cm³/mol. The summed E-state index contributed by atoms with van der Waals surface area (Å²) in [4.78, 5) is 34.3. The molecule has 3 aromatic rings. The van der Waals surface area contributed by atoms with Crippen LogP contribution in [-0.2, 0) is 17.8 Å². The van der Waals surface area contributed by atoms with Crippen LogP contribution in [0.25, 0.3) is 0 Å². The Labute approximate surface area is 223 Å². The minimum absolute atomic E-state index is 0.0233. The van der Waals surface area contributed by atoms with Gasteiger partial charge in [-0.05, 0) is 47.9 Å². The molecule has 5 rings (SSSR count). The van der Waals surface area contributed by atoms with Gasteiger partial charge in [-0.2, -0.15) is 0 Å². The largest absolute Gasteiger partial charge is 0.338 e. The van der Waals surface area contributed by atoms with E-state index in [9.17, 15) is 9.59 Å². The quantitative estimate of drug-likeness (QED) is 0.495. The summed E-state index contributed by atoms with van der Waals surface area (Å²) in [5, 5.41) is 5.26. The number of hydrogen-bond acceptors (Lipinski definition) is 5. The number of thiophene rings is 1. The molecule has 6 nitrogen and oxygen atoms in total. The highest BCUT2D eigenvalue weighted by atomic mass is 32.1. The van der Waals surface area contributed by atoms with Gasteiger partial charge in [0.2, 0.25) is 5.91 Å². The first-order valence-corrected chi connectivity index (χ1v) is 14.1. The van der Waals surface area contributed by atoms with Crippen LogP contribution in [0.4, 0.5) is 0 Å². The standard InChI is InChI=1S/C30H36N4O2S/c1-23-8-5-6-11-25(23)21-33(16-13-24-9-3-2-4-10-24)26-20-27(29(35)32-17-14-31-15-18-32)34(22-26)30(36)28-12-7-19-37-28/h2-12,19,26-27,31H,13-18,20-22H2,1H3. The van der Waals surface area contributed by atoms with Crippen LogP contribution >= 0.6 is 11.3 Å². The highest BCUT2D eigenvalue weighted by molar-refractivity contribution is 7.12. The zero-order valence-electron chi connectivity index (χ0n) is 21.5. The fraction of sp³-hybridized carbons (Fsp3) is 0.400. The molecule has 0 spiro atoms. The van der Waals surface area contributed by atoms with E-state index in [1.165, 1.54) is 28.0 Å². The Kier molecular flexibility index (Phi) is 8.34. The van der Waals surface area contributed by atoms with Crippen molar-refractivity contribution in [3.63, 3.8) is 0 Å². The molecule has 194 valence electrons. The first-order chi connectivity index (χ1) is 18.1. The fourth-order valence-corrected chi connectivity index (χ4v) is 6.17. The molecular weight excluding hydrogens is 480 g/mol. The van der Waals surface area contributed by atoms with E-state index in [0.717, 1.165) is 32.6 Å².